The van der Waals surface area contributed by atoms with Crippen molar-refractivity contribution in [2.45, 2.75) is 137 Å². The molecule has 6 nitrogen and oxygen atoms in total. The third kappa shape index (κ3) is 9.04. The molecule has 0 unspecified atom stereocenters. The van der Waals surface area contributed by atoms with Crippen molar-refractivity contribution in [2.24, 2.45) is 0 Å². The number of rotatable bonds is 4. The third-order valence-corrected chi connectivity index (χ3v) is 5.19. The molecule has 0 saturated carbocycles. The predicted molar refractivity (Wildman–Crippen MR) is 119 cm³/mol. The highest BCUT2D eigenvalue weighted by Crippen LogP contribution is 2.32. The monoisotopic (exact) mass is 414 g/mol. The minimum atomic E-state index is -0.494. The van der Waals surface area contributed by atoms with Gasteiger partial charge < -0.3 is 20.1 Å². The fraction of sp³-hybridized carbons (Fsp3) is 0.913. The molecular formula is C23H46N2O4. The van der Waals surface area contributed by atoms with Gasteiger partial charge in [0.25, 0.3) is 0 Å². The Bertz CT molecular complexity index is 499. The summed E-state index contributed by atoms with van der Waals surface area (Å²) in [5.74, 6) is -0.989. The average molecular weight is 415 g/mol. The van der Waals surface area contributed by atoms with Crippen molar-refractivity contribution in [1.29, 1.82) is 0 Å². The van der Waals surface area contributed by atoms with Gasteiger partial charge in [0, 0.05) is 47.8 Å². The largest absolute Gasteiger partial charge is 0.462 e. The van der Waals surface area contributed by atoms with Gasteiger partial charge in [0.05, 0.1) is 0 Å². The van der Waals surface area contributed by atoms with E-state index in [2.05, 4.69) is 66.0 Å². The van der Waals surface area contributed by atoms with Crippen molar-refractivity contribution in [2.75, 3.05) is 0 Å². The second kappa shape index (κ2) is 9.34. The van der Waals surface area contributed by atoms with Gasteiger partial charge in [0.2, 0.25) is 0 Å². The summed E-state index contributed by atoms with van der Waals surface area (Å²) >= 11 is 0. The topological polar surface area (TPSA) is 76.7 Å². The first-order valence-electron chi connectivity index (χ1n) is 10.0. The van der Waals surface area contributed by atoms with E-state index in [1.54, 1.807) is 0 Å². The number of esters is 2. The highest BCUT2D eigenvalue weighted by Gasteiger charge is 2.41. The molecule has 2 heterocycles. The van der Waals surface area contributed by atoms with Crippen LogP contribution in [0.3, 0.4) is 0 Å². The van der Waals surface area contributed by atoms with E-state index in [1.165, 1.54) is 0 Å². The smallest absolute Gasteiger partial charge is 0.317 e. The van der Waals surface area contributed by atoms with Gasteiger partial charge in [-0.05, 0) is 55.4 Å². The zero-order chi connectivity index (χ0) is 20.7. The van der Waals surface area contributed by atoms with Crippen LogP contribution in [0, 0.1) is 0 Å². The zero-order valence-corrected chi connectivity index (χ0v) is 18.3. The van der Waals surface area contributed by atoms with Crippen molar-refractivity contribution in [3.63, 3.8) is 0 Å². The van der Waals surface area contributed by atoms with Crippen molar-refractivity contribution in [3.05, 3.63) is 0 Å². The van der Waals surface area contributed by atoms with Gasteiger partial charge in [-0.25, -0.2) is 0 Å². The third-order valence-electron chi connectivity index (χ3n) is 5.19. The summed E-state index contributed by atoms with van der Waals surface area (Å²) in [6, 6.07) is 0. The van der Waals surface area contributed by atoms with Gasteiger partial charge in [-0.1, -0.05) is 14.9 Å². The quantitative estimate of drug-likeness (QED) is 0.526. The van der Waals surface area contributed by atoms with Gasteiger partial charge in [0.15, 0.2) is 0 Å². The zero-order valence-electron chi connectivity index (χ0n) is 18.3. The molecule has 0 bridgehead atoms. The Labute approximate surface area is 178 Å². The molecule has 2 rings (SSSR count). The number of nitrogens with one attached hydrogen (secondary N) is 2. The van der Waals surface area contributed by atoms with Crippen LogP contribution < -0.4 is 10.6 Å². The van der Waals surface area contributed by atoms with E-state index in [-0.39, 0.29) is 55.6 Å². The molecule has 6 heteroatoms. The maximum absolute atomic E-state index is 12.3. The number of hydrogen-bond acceptors (Lipinski definition) is 6. The van der Waals surface area contributed by atoms with Crippen molar-refractivity contribution in [1.82, 2.24) is 10.6 Å². The summed E-state index contributed by atoms with van der Waals surface area (Å²) < 4.78 is 11.2. The fourth-order valence-electron chi connectivity index (χ4n) is 5.20. The number of hydrogen-bond donors (Lipinski definition) is 2. The maximum atomic E-state index is 12.3. The molecule has 0 aromatic heterocycles. The molecule has 0 aromatic carbocycles. The van der Waals surface area contributed by atoms with E-state index in [4.69, 9.17) is 9.47 Å². The molecule has 2 saturated heterocycles. The van der Waals surface area contributed by atoms with Crippen LogP contribution >= 0.6 is 0 Å². The molecule has 2 aliphatic rings. The normalized spacial score (nSPS) is 25.1. The molecule has 2 fully saturated rings. The van der Waals surface area contributed by atoms with E-state index in [0.717, 1.165) is 25.7 Å². The molecule has 172 valence electrons. The lowest BCUT2D eigenvalue weighted by Crippen LogP contribution is -2.60. The molecule has 0 radical (unpaired) electrons. The Kier molecular flexibility index (Phi) is 8.97. The number of piperidine rings is 2. The van der Waals surface area contributed by atoms with E-state index in [0.29, 0.717) is 0 Å². The standard InChI is InChI=1S/C21H38N2O4.2CH4/c1-18(2)10-14(11-19(3,4)22-18)26-16(24)9-17(25)27-15-12-20(5,6)23-21(7,8)13-15;;/h14-15,22-23H,9-13H2,1-8H3;2*1H4. The number of ether oxygens (including phenoxy) is 2. The van der Waals surface area contributed by atoms with E-state index in [9.17, 15) is 9.59 Å². The summed E-state index contributed by atoms with van der Waals surface area (Å²) in [4.78, 5) is 24.6. The SMILES string of the molecule is C.C.CC1(C)CC(OC(=O)CC(=O)OC2CC(C)(C)NC(C)(C)C2)CC(C)(C)N1. The van der Waals surface area contributed by atoms with Gasteiger partial charge in [-0.3, -0.25) is 9.59 Å². The van der Waals surface area contributed by atoms with Crippen LogP contribution in [0.2, 0.25) is 0 Å². The van der Waals surface area contributed by atoms with Crippen LogP contribution in [0.5, 0.6) is 0 Å². The van der Waals surface area contributed by atoms with Crippen LogP contribution in [-0.4, -0.2) is 46.3 Å². The lowest BCUT2D eigenvalue weighted by molar-refractivity contribution is -0.164. The van der Waals surface area contributed by atoms with Crippen LogP contribution in [0.4, 0.5) is 0 Å². The Hall–Kier alpha value is -1.14. The number of carbonyl (C=O) groups excluding carboxylic acids is 2. The van der Waals surface area contributed by atoms with Crippen LogP contribution in [0.15, 0.2) is 0 Å². The minimum Gasteiger partial charge on any atom is -0.462 e. The summed E-state index contributed by atoms with van der Waals surface area (Å²) in [6.45, 7) is 16.8. The summed E-state index contributed by atoms with van der Waals surface area (Å²) in [5.41, 5.74) is -0.447. The summed E-state index contributed by atoms with van der Waals surface area (Å²) in [6.07, 6.45) is 2.22. The van der Waals surface area contributed by atoms with E-state index >= 15 is 0 Å². The first kappa shape index (κ1) is 27.9. The molecular weight excluding hydrogens is 368 g/mol. The minimum absolute atomic E-state index is 0. The highest BCUT2D eigenvalue weighted by atomic mass is 16.6. The summed E-state index contributed by atoms with van der Waals surface area (Å²) in [5, 5.41) is 7.11. The van der Waals surface area contributed by atoms with Crippen LogP contribution in [-0.2, 0) is 19.1 Å². The molecule has 0 amide bonds. The molecule has 2 aliphatic heterocycles. The fourth-order valence-corrected chi connectivity index (χ4v) is 5.20. The molecule has 2 N–H and O–H groups in total. The van der Waals surface area contributed by atoms with Gasteiger partial charge in [0.1, 0.15) is 18.6 Å². The molecule has 0 aromatic rings. The molecule has 0 spiro atoms. The first-order valence-corrected chi connectivity index (χ1v) is 10.0. The summed E-state index contributed by atoms with van der Waals surface area (Å²) in [7, 11) is 0. The Morgan fingerprint density at radius 1 is 0.655 bits per heavy atom. The van der Waals surface area contributed by atoms with Crippen molar-refractivity contribution in [3.8, 4) is 0 Å². The molecule has 0 atom stereocenters. The second-order valence-electron chi connectivity index (χ2n) is 11.0. The van der Waals surface area contributed by atoms with Gasteiger partial charge >= 0.3 is 11.9 Å². The lowest BCUT2D eigenvalue weighted by atomic mass is 9.81. The Morgan fingerprint density at radius 3 is 1.14 bits per heavy atom. The Morgan fingerprint density at radius 2 is 0.897 bits per heavy atom. The average Bonchev–Trinajstić information content (AvgIpc) is 2.28. The number of carbonyl (C=O) groups is 2. The highest BCUT2D eigenvalue weighted by molar-refractivity contribution is 5.91. The molecule has 0 aliphatic carbocycles. The van der Waals surface area contributed by atoms with Crippen molar-refractivity contribution < 1.29 is 19.1 Å². The molecule has 29 heavy (non-hydrogen) atoms. The predicted octanol–water partition coefficient (Wildman–Crippen LogP) is 4.35. The Balaban J connectivity index is 0.00000392. The first-order chi connectivity index (χ1) is 12.1. The lowest BCUT2D eigenvalue weighted by Gasteiger charge is -2.46. The van der Waals surface area contributed by atoms with Crippen LogP contribution in [0.1, 0.15) is 102 Å². The second-order valence-corrected chi connectivity index (χ2v) is 11.0. The van der Waals surface area contributed by atoms with Gasteiger partial charge in [-0.2, -0.15) is 0 Å². The van der Waals surface area contributed by atoms with E-state index in [1.807, 2.05) is 0 Å². The van der Waals surface area contributed by atoms with Crippen LogP contribution in [0.25, 0.3) is 0 Å². The maximum Gasteiger partial charge on any atom is 0.317 e. The van der Waals surface area contributed by atoms with Gasteiger partial charge in [-0.15, -0.1) is 0 Å². The van der Waals surface area contributed by atoms with E-state index < -0.39 is 11.9 Å². The van der Waals surface area contributed by atoms with Crippen molar-refractivity contribution >= 4 is 11.9 Å².